The van der Waals surface area contributed by atoms with Gasteiger partial charge in [-0.3, -0.25) is 5.32 Å². The molecule has 0 bridgehead atoms. The molecule has 1 amide bonds. The minimum atomic E-state index is -8.69. The monoisotopic (exact) mass is 655 g/mol. The van der Waals surface area contributed by atoms with E-state index in [2.05, 4.69) is 4.74 Å². The second-order valence-corrected chi connectivity index (χ2v) is 9.15. The topological polar surface area (TPSA) is 47.6 Å². The van der Waals surface area contributed by atoms with Crippen molar-refractivity contribution < 1.29 is 88.9 Å². The van der Waals surface area contributed by atoms with Crippen molar-refractivity contribution in [2.45, 2.75) is 79.9 Å². The summed E-state index contributed by atoms with van der Waals surface area (Å²) in [6, 6.07) is 5.05. The van der Waals surface area contributed by atoms with Crippen LogP contribution in [0, 0.1) is 0 Å². The molecule has 244 valence electrons. The molecule has 0 unspecified atom stereocenters. The summed E-state index contributed by atoms with van der Waals surface area (Å²) >= 11 is 0. The van der Waals surface area contributed by atoms with Crippen LogP contribution in [0.1, 0.15) is 26.7 Å². The fourth-order valence-corrected chi connectivity index (χ4v) is 2.93. The Morgan fingerprint density at radius 3 is 1.38 bits per heavy atom. The summed E-state index contributed by atoms with van der Waals surface area (Å²) in [4.78, 5) is 11.9. The molecule has 0 saturated heterocycles. The Labute approximate surface area is 224 Å². The van der Waals surface area contributed by atoms with Crippen LogP contribution >= 0.6 is 0 Å². The van der Waals surface area contributed by atoms with Crippen molar-refractivity contribution in [1.82, 2.24) is 0 Å². The van der Waals surface area contributed by atoms with Crippen molar-refractivity contribution in [3.05, 3.63) is 24.3 Å². The van der Waals surface area contributed by atoms with Crippen LogP contribution < -0.4 is 10.1 Å². The lowest BCUT2D eigenvalue weighted by atomic mass is 9.87. The highest BCUT2D eigenvalue weighted by Gasteiger charge is 2.95. The second-order valence-electron chi connectivity index (χ2n) is 9.15. The van der Waals surface area contributed by atoms with Crippen molar-refractivity contribution in [1.29, 1.82) is 0 Å². The van der Waals surface area contributed by atoms with Gasteiger partial charge >= 0.3 is 53.7 Å². The van der Waals surface area contributed by atoms with E-state index in [1.165, 1.54) is 31.4 Å². The number of carbonyl (C=O) groups excluding carboxylic acids is 1. The molecular weight excluding hydrogens is 637 g/mol. The van der Waals surface area contributed by atoms with E-state index in [-0.39, 0.29) is 5.69 Å². The van der Waals surface area contributed by atoms with Gasteiger partial charge in [0.15, 0.2) is 0 Å². The molecule has 0 aliphatic rings. The van der Waals surface area contributed by atoms with E-state index < -0.39 is 72.2 Å². The van der Waals surface area contributed by atoms with Crippen molar-refractivity contribution >= 4 is 11.8 Å². The van der Waals surface area contributed by atoms with Crippen LogP contribution in [0.25, 0.3) is 0 Å². The van der Waals surface area contributed by atoms with Gasteiger partial charge in [-0.15, -0.1) is 0 Å². The Hall–Kier alpha value is -2.90. The molecular formula is C21H18F17NO3. The normalized spacial score (nSPS) is 15.0. The zero-order valence-electron chi connectivity index (χ0n) is 20.9. The second kappa shape index (κ2) is 11.0. The number of ether oxygens (including phenoxy) is 2. The molecule has 1 rings (SSSR count). The molecule has 0 atom stereocenters. The van der Waals surface area contributed by atoms with Crippen LogP contribution in [0.3, 0.4) is 0 Å². The maximum atomic E-state index is 14.1. The summed E-state index contributed by atoms with van der Waals surface area (Å²) in [5.74, 6) is -56.6. The summed E-state index contributed by atoms with van der Waals surface area (Å²) in [7, 11) is 1.28. The highest BCUT2D eigenvalue weighted by atomic mass is 19.4. The van der Waals surface area contributed by atoms with Crippen molar-refractivity contribution in [3.63, 3.8) is 0 Å². The predicted octanol–water partition coefficient (Wildman–Crippen LogP) is 8.81. The number of carbonyl (C=O) groups is 1. The largest absolute Gasteiger partial charge is 0.497 e. The quantitative estimate of drug-likeness (QED) is 0.229. The van der Waals surface area contributed by atoms with E-state index in [1.54, 1.807) is 0 Å². The van der Waals surface area contributed by atoms with Gasteiger partial charge in [0.2, 0.25) is 0 Å². The Bertz CT molecular complexity index is 1100. The molecule has 0 fully saturated rings. The SMILES string of the molecule is COc1ccc(NC(=O)OC(C)(C)CCC(F)(F)C(F)(F)C(F)(F)C(F)(F)C(F)(F)C(F)(F)C(F)(F)C(F)(F)F)cc1. The molecule has 0 heterocycles. The van der Waals surface area contributed by atoms with Gasteiger partial charge in [0.05, 0.1) is 7.11 Å². The van der Waals surface area contributed by atoms with Gasteiger partial charge in [0.1, 0.15) is 11.4 Å². The molecule has 0 spiro atoms. The number of benzene rings is 1. The molecule has 0 radical (unpaired) electrons. The first-order valence-electron chi connectivity index (χ1n) is 10.7. The molecule has 42 heavy (non-hydrogen) atoms. The first-order valence-corrected chi connectivity index (χ1v) is 10.7. The van der Waals surface area contributed by atoms with E-state index >= 15 is 0 Å². The summed E-state index contributed by atoms with van der Waals surface area (Å²) in [6.07, 6.45) is -13.7. The van der Waals surface area contributed by atoms with Crippen LogP contribution in [0.4, 0.5) is 85.1 Å². The maximum absolute atomic E-state index is 14.1. The number of halogens is 17. The van der Waals surface area contributed by atoms with Crippen molar-refractivity contribution in [2.24, 2.45) is 0 Å². The van der Waals surface area contributed by atoms with E-state index in [4.69, 9.17) is 4.74 Å². The van der Waals surface area contributed by atoms with Gasteiger partial charge < -0.3 is 9.47 Å². The molecule has 0 saturated carbocycles. The minimum absolute atomic E-state index is 0.0239. The number of hydrogen-bond acceptors (Lipinski definition) is 3. The lowest BCUT2D eigenvalue weighted by Crippen LogP contribution is -2.74. The highest BCUT2D eigenvalue weighted by molar-refractivity contribution is 5.84. The number of hydrogen-bond donors (Lipinski definition) is 1. The van der Waals surface area contributed by atoms with Crippen LogP contribution in [0.5, 0.6) is 5.75 Å². The highest BCUT2D eigenvalue weighted by Crippen LogP contribution is 2.64. The number of nitrogens with one attached hydrogen (secondary N) is 1. The van der Waals surface area contributed by atoms with E-state index in [9.17, 15) is 79.4 Å². The Kier molecular flexibility index (Phi) is 9.71. The van der Waals surface area contributed by atoms with Gasteiger partial charge in [-0.2, -0.15) is 74.6 Å². The smallest absolute Gasteiger partial charge is 0.460 e. The molecule has 1 N–H and O–H groups in total. The molecule has 0 aliphatic carbocycles. The lowest BCUT2D eigenvalue weighted by molar-refractivity contribution is -0.462. The molecule has 0 aliphatic heterocycles. The van der Waals surface area contributed by atoms with Gasteiger partial charge in [-0.05, 0) is 44.5 Å². The Morgan fingerprint density at radius 2 is 1.00 bits per heavy atom. The lowest BCUT2D eigenvalue weighted by Gasteiger charge is -2.43. The third-order valence-corrected chi connectivity index (χ3v) is 5.53. The van der Waals surface area contributed by atoms with Gasteiger partial charge in [-0.1, -0.05) is 0 Å². The summed E-state index contributed by atoms with van der Waals surface area (Å²) in [5.41, 5.74) is -2.37. The number of rotatable bonds is 12. The third kappa shape index (κ3) is 6.23. The number of methoxy groups -OCH3 is 1. The molecule has 4 nitrogen and oxygen atoms in total. The van der Waals surface area contributed by atoms with Crippen LogP contribution in [-0.2, 0) is 4.74 Å². The van der Waals surface area contributed by atoms with E-state index in [0.29, 0.717) is 19.6 Å². The first-order chi connectivity index (χ1) is 18.4. The number of amides is 1. The minimum Gasteiger partial charge on any atom is -0.497 e. The van der Waals surface area contributed by atoms with Crippen LogP contribution in [-0.4, -0.2) is 66.4 Å². The number of alkyl halides is 17. The molecule has 0 aromatic heterocycles. The third-order valence-electron chi connectivity index (χ3n) is 5.53. The first kappa shape index (κ1) is 37.1. The number of anilines is 1. The van der Waals surface area contributed by atoms with E-state index in [0.717, 1.165) is 0 Å². The molecule has 1 aromatic rings. The Morgan fingerprint density at radius 1 is 0.619 bits per heavy atom. The van der Waals surface area contributed by atoms with Crippen LogP contribution in [0.15, 0.2) is 24.3 Å². The predicted molar refractivity (Wildman–Crippen MR) is 107 cm³/mol. The average molecular weight is 655 g/mol. The molecule has 21 heteroatoms. The van der Waals surface area contributed by atoms with Crippen molar-refractivity contribution in [2.75, 3.05) is 12.4 Å². The summed E-state index contributed by atoms with van der Waals surface area (Å²) in [6.45, 7) is 1.38. The fourth-order valence-electron chi connectivity index (χ4n) is 2.93. The van der Waals surface area contributed by atoms with Gasteiger partial charge in [0.25, 0.3) is 0 Å². The average Bonchev–Trinajstić information content (AvgIpc) is 2.81. The van der Waals surface area contributed by atoms with Gasteiger partial charge in [-0.25, -0.2) is 4.79 Å². The summed E-state index contributed by atoms with van der Waals surface area (Å²) < 4.78 is 237. The summed E-state index contributed by atoms with van der Waals surface area (Å²) in [5, 5.41) is 2.01. The standard InChI is InChI=1S/C21H18F17NO3/c1-13(2,42-12(40)39-10-4-6-11(41-3)7-5-10)8-9-14(22,23)15(24,25)16(26,27)17(28,29)18(30,31)19(32,33)20(34,35)21(36,37)38/h4-7H,8-9H2,1-3H3,(H,39,40). The molecule has 1 aromatic carbocycles. The fraction of sp³-hybridized carbons (Fsp3) is 0.667. The van der Waals surface area contributed by atoms with Crippen LogP contribution in [0.2, 0.25) is 0 Å². The van der Waals surface area contributed by atoms with Crippen molar-refractivity contribution in [3.8, 4) is 5.75 Å². The zero-order valence-corrected chi connectivity index (χ0v) is 20.9. The van der Waals surface area contributed by atoms with Gasteiger partial charge in [0, 0.05) is 12.1 Å². The Balaban J connectivity index is 3.23. The zero-order chi connectivity index (χ0) is 33.6. The van der Waals surface area contributed by atoms with E-state index in [1.807, 2.05) is 5.32 Å². The maximum Gasteiger partial charge on any atom is 0.460 e.